The van der Waals surface area contributed by atoms with Gasteiger partial charge in [-0.25, -0.2) is 0 Å². The maximum Gasteiger partial charge on any atom is 0.0134 e. The maximum atomic E-state index is 3.70. The molecule has 0 heterocycles. The molecule has 0 amide bonds. The van der Waals surface area contributed by atoms with Crippen molar-refractivity contribution in [3.63, 3.8) is 0 Å². The summed E-state index contributed by atoms with van der Waals surface area (Å²) in [6, 6.07) is 1.49. The van der Waals surface area contributed by atoms with E-state index in [-0.39, 0.29) is 0 Å². The highest BCUT2D eigenvalue weighted by atomic mass is 14.9. The summed E-state index contributed by atoms with van der Waals surface area (Å²) in [4.78, 5) is 0. The van der Waals surface area contributed by atoms with Crippen molar-refractivity contribution in [3.05, 3.63) is 12.7 Å². The van der Waals surface area contributed by atoms with Crippen LogP contribution in [0.2, 0.25) is 0 Å². The molecule has 2 nitrogen and oxygen atoms in total. The van der Waals surface area contributed by atoms with E-state index >= 15 is 0 Å². The van der Waals surface area contributed by atoms with Gasteiger partial charge in [0.05, 0.1) is 0 Å². The van der Waals surface area contributed by atoms with E-state index in [0.29, 0.717) is 0 Å². The topological polar surface area (TPSA) is 24.1 Å². The summed E-state index contributed by atoms with van der Waals surface area (Å²) in [6.45, 7) is 4.65. The van der Waals surface area contributed by atoms with Gasteiger partial charge in [-0.05, 0) is 32.7 Å². The lowest BCUT2D eigenvalue weighted by Crippen LogP contribution is -2.38. The monoisotopic (exact) mass is 168 g/mol. The van der Waals surface area contributed by atoms with Crippen LogP contribution in [0.1, 0.15) is 25.7 Å². The van der Waals surface area contributed by atoms with Gasteiger partial charge >= 0.3 is 0 Å². The van der Waals surface area contributed by atoms with Crippen LogP contribution < -0.4 is 10.6 Å². The van der Waals surface area contributed by atoms with Gasteiger partial charge in [-0.15, -0.1) is 6.58 Å². The van der Waals surface area contributed by atoms with E-state index < -0.39 is 0 Å². The van der Waals surface area contributed by atoms with Gasteiger partial charge in [-0.1, -0.05) is 6.08 Å². The number of nitrogens with one attached hydrogen (secondary N) is 2. The quantitative estimate of drug-likeness (QED) is 0.618. The van der Waals surface area contributed by atoms with Crippen molar-refractivity contribution in [1.29, 1.82) is 0 Å². The predicted octanol–water partition coefficient (Wildman–Crippen LogP) is 1.29. The second-order valence-electron chi connectivity index (χ2n) is 3.53. The average Bonchev–Trinajstić information content (AvgIpc) is 2.15. The standard InChI is InChI=1S/C10H20N2/c1-3-8-12-10-6-4-9(11-2)5-7-10/h3,9-12H,1,4-8H2,2H3. The molecule has 0 radical (unpaired) electrons. The molecule has 1 rings (SSSR count). The minimum atomic E-state index is 0.729. The molecule has 0 spiro atoms. The molecule has 12 heavy (non-hydrogen) atoms. The summed E-state index contributed by atoms with van der Waals surface area (Å²) < 4.78 is 0. The van der Waals surface area contributed by atoms with E-state index in [0.717, 1.165) is 18.6 Å². The number of hydrogen-bond donors (Lipinski definition) is 2. The van der Waals surface area contributed by atoms with Gasteiger partial charge in [0.25, 0.3) is 0 Å². The van der Waals surface area contributed by atoms with Gasteiger partial charge in [-0.3, -0.25) is 0 Å². The van der Waals surface area contributed by atoms with Gasteiger partial charge in [-0.2, -0.15) is 0 Å². The molecule has 2 N–H and O–H groups in total. The van der Waals surface area contributed by atoms with Crippen molar-refractivity contribution in [2.45, 2.75) is 37.8 Å². The third-order valence-electron chi connectivity index (χ3n) is 2.69. The fourth-order valence-corrected chi connectivity index (χ4v) is 1.84. The molecule has 0 bridgehead atoms. The molecule has 1 saturated carbocycles. The molecule has 70 valence electrons. The molecule has 1 fully saturated rings. The third kappa shape index (κ3) is 2.95. The molecule has 0 aliphatic heterocycles. The molecule has 1 aliphatic carbocycles. The molecule has 0 atom stereocenters. The van der Waals surface area contributed by atoms with Crippen LogP contribution in [0.3, 0.4) is 0 Å². The van der Waals surface area contributed by atoms with Crippen LogP contribution >= 0.6 is 0 Å². The summed E-state index contributed by atoms with van der Waals surface area (Å²) in [5.41, 5.74) is 0. The highest BCUT2D eigenvalue weighted by molar-refractivity contribution is 4.82. The molecule has 0 aromatic heterocycles. The molecule has 1 aliphatic rings. The summed E-state index contributed by atoms with van der Waals surface area (Å²) >= 11 is 0. The smallest absolute Gasteiger partial charge is 0.0134 e. The number of hydrogen-bond acceptors (Lipinski definition) is 2. The molecule has 0 saturated heterocycles. The third-order valence-corrected chi connectivity index (χ3v) is 2.69. The zero-order valence-corrected chi connectivity index (χ0v) is 7.97. The van der Waals surface area contributed by atoms with Crippen LogP contribution in [0.4, 0.5) is 0 Å². The van der Waals surface area contributed by atoms with E-state index in [2.05, 4.69) is 24.3 Å². The highest BCUT2D eigenvalue weighted by Gasteiger charge is 2.18. The van der Waals surface area contributed by atoms with Crippen LogP contribution in [-0.4, -0.2) is 25.7 Å². The van der Waals surface area contributed by atoms with Gasteiger partial charge in [0.1, 0.15) is 0 Å². The first-order valence-electron chi connectivity index (χ1n) is 4.88. The first-order valence-corrected chi connectivity index (χ1v) is 4.88. The summed E-state index contributed by atoms with van der Waals surface area (Å²) in [7, 11) is 2.06. The van der Waals surface area contributed by atoms with E-state index in [4.69, 9.17) is 0 Å². The molecular weight excluding hydrogens is 148 g/mol. The SMILES string of the molecule is C=CCNC1CCC(NC)CC1. The van der Waals surface area contributed by atoms with Crippen LogP contribution in [0.25, 0.3) is 0 Å². The van der Waals surface area contributed by atoms with Crippen LogP contribution in [0.5, 0.6) is 0 Å². The highest BCUT2D eigenvalue weighted by Crippen LogP contribution is 2.17. The molecule has 2 heteroatoms. The Hall–Kier alpha value is -0.340. The van der Waals surface area contributed by atoms with Crippen molar-refractivity contribution in [2.75, 3.05) is 13.6 Å². The second-order valence-corrected chi connectivity index (χ2v) is 3.53. The Morgan fingerprint density at radius 3 is 2.33 bits per heavy atom. The van der Waals surface area contributed by atoms with E-state index in [1.807, 2.05) is 6.08 Å². The molecule has 0 aromatic carbocycles. The second kappa shape index (κ2) is 5.33. The summed E-state index contributed by atoms with van der Waals surface area (Å²) in [6.07, 6.45) is 7.17. The Bertz CT molecular complexity index is 126. The molecule has 0 unspecified atom stereocenters. The van der Waals surface area contributed by atoms with Gasteiger partial charge in [0.15, 0.2) is 0 Å². The predicted molar refractivity (Wildman–Crippen MR) is 53.3 cm³/mol. The fourth-order valence-electron chi connectivity index (χ4n) is 1.84. The van der Waals surface area contributed by atoms with Crippen molar-refractivity contribution >= 4 is 0 Å². The Labute approximate surface area is 75.4 Å². The van der Waals surface area contributed by atoms with E-state index in [1.54, 1.807) is 0 Å². The first kappa shape index (κ1) is 9.75. The fraction of sp³-hybridized carbons (Fsp3) is 0.800. The average molecular weight is 168 g/mol. The van der Waals surface area contributed by atoms with Crippen molar-refractivity contribution in [2.24, 2.45) is 0 Å². The Morgan fingerprint density at radius 1 is 1.25 bits per heavy atom. The largest absolute Gasteiger partial charge is 0.317 e. The van der Waals surface area contributed by atoms with Crippen LogP contribution in [-0.2, 0) is 0 Å². The van der Waals surface area contributed by atoms with Gasteiger partial charge in [0, 0.05) is 18.6 Å². The lowest BCUT2D eigenvalue weighted by atomic mass is 9.91. The van der Waals surface area contributed by atoms with Crippen LogP contribution in [0.15, 0.2) is 12.7 Å². The normalized spacial score (nSPS) is 30.1. The van der Waals surface area contributed by atoms with Gasteiger partial charge < -0.3 is 10.6 Å². The molecule has 0 aromatic rings. The molecular formula is C10H20N2. The number of rotatable bonds is 4. The van der Waals surface area contributed by atoms with Crippen molar-refractivity contribution in [1.82, 2.24) is 10.6 Å². The lowest BCUT2D eigenvalue weighted by molar-refractivity contribution is 0.325. The lowest BCUT2D eigenvalue weighted by Gasteiger charge is -2.28. The Balaban J connectivity index is 2.12. The zero-order chi connectivity index (χ0) is 8.81. The van der Waals surface area contributed by atoms with Crippen LogP contribution in [0, 0.1) is 0 Å². The summed E-state index contributed by atoms with van der Waals surface area (Å²) in [5, 5.41) is 6.80. The maximum absolute atomic E-state index is 3.70. The van der Waals surface area contributed by atoms with E-state index in [1.165, 1.54) is 25.7 Å². The van der Waals surface area contributed by atoms with E-state index in [9.17, 15) is 0 Å². The van der Waals surface area contributed by atoms with Crippen molar-refractivity contribution < 1.29 is 0 Å². The summed E-state index contributed by atoms with van der Waals surface area (Å²) in [5.74, 6) is 0. The van der Waals surface area contributed by atoms with Gasteiger partial charge in [0.2, 0.25) is 0 Å². The minimum Gasteiger partial charge on any atom is -0.317 e. The van der Waals surface area contributed by atoms with Crippen molar-refractivity contribution in [3.8, 4) is 0 Å². The minimum absolute atomic E-state index is 0.729. The Morgan fingerprint density at radius 2 is 1.83 bits per heavy atom. The zero-order valence-electron chi connectivity index (χ0n) is 7.97. The first-order chi connectivity index (χ1) is 5.86. The Kier molecular flexibility index (Phi) is 4.33.